The SMILES string of the molecule is CC(C)(C)OC(=O)N(c1ccc(C(=O)OF)cc1)c1ncnc(Cl)n1. The van der Waals surface area contributed by atoms with Gasteiger partial charge >= 0.3 is 12.1 Å². The smallest absolute Gasteiger partial charge is 0.421 e. The lowest BCUT2D eigenvalue weighted by molar-refractivity contribution is -0.0788. The van der Waals surface area contributed by atoms with Crippen molar-refractivity contribution in [1.29, 1.82) is 0 Å². The highest BCUT2D eigenvalue weighted by Crippen LogP contribution is 2.26. The van der Waals surface area contributed by atoms with Gasteiger partial charge in [-0.05, 0) is 56.6 Å². The molecule has 0 N–H and O–H groups in total. The van der Waals surface area contributed by atoms with Crippen LogP contribution in [0.2, 0.25) is 5.28 Å². The van der Waals surface area contributed by atoms with Crippen LogP contribution in [0, 0.1) is 0 Å². The van der Waals surface area contributed by atoms with Crippen molar-refractivity contribution in [3.63, 3.8) is 0 Å². The van der Waals surface area contributed by atoms with Gasteiger partial charge in [-0.25, -0.2) is 29.4 Å². The van der Waals surface area contributed by atoms with E-state index in [4.69, 9.17) is 16.3 Å². The van der Waals surface area contributed by atoms with E-state index < -0.39 is 17.7 Å². The second-order valence-corrected chi connectivity index (χ2v) is 6.12. The number of nitrogens with zero attached hydrogens (tertiary/aromatic N) is 4. The average molecular weight is 369 g/mol. The van der Waals surface area contributed by atoms with Gasteiger partial charge < -0.3 is 4.74 Å². The zero-order chi connectivity index (χ0) is 18.6. The average Bonchev–Trinajstić information content (AvgIpc) is 2.53. The van der Waals surface area contributed by atoms with Gasteiger partial charge in [0.1, 0.15) is 11.9 Å². The lowest BCUT2D eigenvalue weighted by Gasteiger charge is -2.26. The first-order chi connectivity index (χ1) is 11.7. The number of aromatic nitrogens is 3. The monoisotopic (exact) mass is 368 g/mol. The summed E-state index contributed by atoms with van der Waals surface area (Å²) in [5.41, 5.74) is -0.541. The standard InChI is InChI=1S/C15H14ClFN4O4/c1-15(2,3)24-14(23)21(13-19-8-18-12(16)20-13)10-6-4-9(5-7-10)11(22)25-17/h4-8H,1-3H3. The van der Waals surface area contributed by atoms with Crippen LogP contribution in [0.3, 0.4) is 0 Å². The number of hydrogen-bond acceptors (Lipinski definition) is 7. The van der Waals surface area contributed by atoms with E-state index in [1.54, 1.807) is 20.8 Å². The quantitative estimate of drug-likeness (QED) is 0.816. The Balaban J connectivity index is 2.44. The number of rotatable bonds is 3. The molecule has 0 saturated heterocycles. The Morgan fingerprint density at radius 2 is 1.80 bits per heavy atom. The molecule has 0 aliphatic carbocycles. The van der Waals surface area contributed by atoms with Gasteiger partial charge in [0.2, 0.25) is 11.2 Å². The summed E-state index contributed by atoms with van der Waals surface area (Å²) in [7, 11) is 0. The van der Waals surface area contributed by atoms with Gasteiger partial charge in [0.05, 0.1) is 11.3 Å². The molecular formula is C15H14ClFN4O4. The molecule has 8 nitrogen and oxygen atoms in total. The molecular weight excluding hydrogens is 355 g/mol. The highest BCUT2D eigenvalue weighted by molar-refractivity contribution is 6.28. The second kappa shape index (κ2) is 7.39. The van der Waals surface area contributed by atoms with Crippen LogP contribution in [-0.4, -0.2) is 32.6 Å². The molecule has 1 amide bonds. The Kier molecular flexibility index (Phi) is 5.48. The van der Waals surface area contributed by atoms with Crippen LogP contribution in [0.25, 0.3) is 0 Å². The lowest BCUT2D eigenvalue weighted by Crippen LogP contribution is -2.34. The van der Waals surface area contributed by atoms with E-state index in [2.05, 4.69) is 19.9 Å². The number of benzene rings is 1. The molecule has 2 aromatic rings. The van der Waals surface area contributed by atoms with Gasteiger partial charge in [0.25, 0.3) is 0 Å². The highest BCUT2D eigenvalue weighted by atomic mass is 35.5. The van der Waals surface area contributed by atoms with Crippen molar-refractivity contribution in [3.05, 3.63) is 41.4 Å². The molecule has 25 heavy (non-hydrogen) atoms. The number of carbonyl (C=O) groups is 2. The zero-order valence-corrected chi connectivity index (χ0v) is 14.3. The van der Waals surface area contributed by atoms with E-state index in [0.717, 1.165) is 11.2 Å². The molecule has 132 valence electrons. The molecule has 0 atom stereocenters. The zero-order valence-electron chi connectivity index (χ0n) is 13.6. The predicted octanol–water partition coefficient (Wildman–Crippen LogP) is 3.64. The maximum Gasteiger partial charge on any atom is 0.421 e. The molecule has 2 rings (SSSR count). The molecule has 0 aliphatic heterocycles. The van der Waals surface area contributed by atoms with Crippen molar-refractivity contribution >= 4 is 35.3 Å². The van der Waals surface area contributed by atoms with Gasteiger partial charge in [0.15, 0.2) is 0 Å². The summed E-state index contributed by atoms with van der Waals surface area (Å²) in [5.74, 6) is -1.23. The second-order valence-electron chi connectivity index (χ2n) is 5.78. The number of halogens is 2. The van der Waals surface area contributed by atoms with E-state index in [-0.39, 0.29) is 22.5 Å². The van der Waals surface area contributed by atoms with Crippen LogP contribution in [0.15, 0.2) is 30.6 Å². The Morgan fingerprint density at radius 3 is 2.32 bits per heavy atom. The van der Waals surface area contributed by atoms with Crippen molar-refractivity contribution in [2.75, 3.05) is 4.90 Å². The number of anilines is 2. The normalized spacial score (nSPS) is 10.9. The summed E-state index contributed by atoms with van der Waals surface area (Å²) in [6.07, 6.45) is 0.368. The molecule has 1 aromatic heterocycles. The number of carbonyl (C=O) groups excluding carboxylic acids is 2. The number of hydrogen-bond donors (Lipinski definition) is 0. The highest BCUT2D eigenvalue weighted by Gasteiger charge is 2.27. The molecule has 0 radical (unpaired) electrons. The van der Waals surface area contributed by atoms with Crippen molar-refractivity contribution in [2.24, 2.45) is 0 Å². The molecule has 1 heterocycles. The lowest BCUT2D eigenvalue weighted by atomic mass is 10.2. The minimum Gasteiger partial charge on any atom is -0.443 e. The summed E-state index contributed by atoms with van der Waals surface area (Å²) in [6, 6.07) is 5.32. The molecule has 0 spiro atoms. The van der Waals surface area contributed by atoms with Gasteiger partial charge in [-0.1, -0.05) is 0 Å². The van der Waals surface area contributed by atoms with Crippen molar-refractivity contribution < 1.29 is 23.8 Å². The summed E-state index contributed by atoms with van der Waals surface area (Å²) in [5, 5.41) is -0.115. The van der Waals surface area contributed by atoms with E-state index >= 15 is 0 Å². The van der Waals surface area contributed by atoms with Crippen LogP contribution >= 0.6 is 11.6 Å². The molecule has 0 aliphatic rings. The maximum atomic E-state index is 12.6. The number of amides is 1. The van der Waals surface area contributed by atoms with Crippen LogP contribution < -0.4 is 4.90 Å². The van der Waals surface area contributed by atoms with Gasteiger partial charge in [-0.3, -0.25) is 0 Å². The van der Waals surface area contributed by atoms with E-state index in [0.29, 0.717) is 0 Å². The third-order valence-electron chi connectivity index (χ3n) is 2.74. The van der Waals surface area contributed by atoms with Crippen molar-refractivity contribution in [3.8, 4) is 0 Å². The van der Waals surface area contributed by atoms with Crippen LogP contribution in [-0.2, 0) is 9.68 Å². The Hall–Kier alpha value is -2.81. The fourth-order valence-electron chi connectivity index (χ4n) is 1.78. The third kappa shape index (κ3) is 4.83. The van der Waals surface area contributed by atoms with Gasteiger partial charge in [0, 0.05) is 4.53 Å². The predicted molar refractivity (Wildman–Crippen MR) is 86.2 cm³/mol. The fraction of sp³-hybridized carbons (Fsp3) is 0.267. The van der Waals surface area contributed by atoms with E-state index in [9.17, 15) is 14.1 Å². The molecule has 0 bridgehead atoms. The summed E-state index contributed by atoms with van der Waals surface area (Å²) in [6.45, 7) is 5.09. The molecule has 0 saturated carbocycles. The Labute approximate surface area is 147 Å². The Bertz CT molecular complexity index is 780. The topological polar surface area (TPSA) is 94.5 Å². The van der Waals surface area contributed by atoms with Crippen LogP contribution in [0.5, 0.6) is 0 Å². The first-order valence-corrected chi connectivity index (χ1v) is 7.39. The first kappa shape index (κ1) is 18.5. The van der Waals surface area contributed by atoms with Crippen molar-refractivity contribution in [1.82, 2.24) is 15.0 Å². The maximum absolute atomic E-state index is 12.6. The van der Waals surface area contributed by atoms with Crippen LogP contribution in [0.1, 0.15) is 31.1 Å². The minimum absolute atomic E-state index is 0.0379. The fourth-order valence-corrected chi connectivity index (χ4v) is 1.90. The first-order valence-electron chi connectivity index (χ1n) is 7.02. The number of ether oxygens (including phenoxy) is 1. The summed E-state index contributed by atoms with van der Waals surface area (Å²) < 4.78 is 17.3. The molecule has 0 fully saturated rings. The van der Waals surface area contributed by atoms with E-state index in [1.807, 2.05) is 0 Å². The minimum atomic E-state index is -1.15. The van der Waals surface area contributed by atoms with Gasteiger partial charge in [-0.2, -0.15) is 4.98 Å². The largest absolute Gasteiger partial charge is 0.443 e. The molecule has 10 heteroatoms. The summed E-state index contributed by atoms with van der Waals surface area (Å²) >= 11 is 5.76. The molecule has 1 aromatic carbocycles. The molecule has 0 unspecified atom stereocenters. The van der Waals surface area contributed by atoms with Gasteiger partial charge in [-0.15, -0.1) is 0 Å². The Morgan fingerprint density at radius 1 is 1.16 bits per heavy atom. The van der Waals surface area contributed by atoms with Crippen LogP contribution in [0.4, 0.5) is 21.0 Å². The van der Waals surface area contributed by atoms with Crippen molar-refractivity contribution in [2.45, 2.75) is 26.4 Å². The van der Waals surface area contributed by atoms with E-state index in [1.165, 1.54) is 24.3 Å². The third-order valence-corrected chi connectivity index (χ3v) is 2.92. The summed E-state index contributed by atoms with van der Waals surface area (Å²) in [4.78, 5) is 39.4.